The van der Waals surface area contributed by atoms with E-state index in [1.807, 2.05) is 29.2 Å². The number of amides is 3. The van der Waals surface area contributed by atoms with Gasteiger partial charge in [-0.25, -0.2) is 19.6 Å². The second kappa shape index (κ2) is 8.31. The molecule has 2 saturated heterocycles. The number of aryl methyl sites for hydroxylation is 1. The van der Waals surface area contributed by atoms with Gasteiger partial charge in [-0.15, -0.1) is 0 Å². The van der Waals surface area contributed by atoms with Crippen LogP contribution in [0, 0.1) is 5.82 Å². The maximum absolute atomic E-state index is 13.2. The molecule has 158 valence electrons. The number of carbonyl (C=O) groups is 2. The number of urea groups is 1. The lowest BCUT2D eigenvalue weighted by molar-refractivity contribution is -0.132. The largest absolute Gasteiger partial charge is 0.497 e. The third-order valence-electron chi connectivity index (χ3n) is 5.72. The van der Waals surface area contributed by atoms with Crippen LogP contribution in [0.1, 0.15) is 24.8 Å². The van der Waals surface area contributed by atoms with Crippen LogP contribution in [0.5, 0.6) is 5.75 Å². The fraction of sp³-hybridized carbons (Fsp3) is 0.364. The summed E-state index contributed by atoms with van der Waals surface area (Å²) in [6.07, 6.45) is 2.33. The van der Waals surface area contributed by atoms with Crippen molar-refractivity contribution >= 4 is 17.6 Å². The molecular weight excluding hydrogens is 387 g/mol. The highest BCUT2D eigenvalue weighted by molar-refractivity contribution is 5.93. The normalized spacial score (nSPS) is 17.9. The summed E-state index contributed by atoms with van der Waals surface area (Å²) in [5, 5.41) is 4.40. The first-order valence-electron chi connectivity index (χ1n) is 10.0. The molecule has 2 fully saturated rings. The van der Waals surface area contributed by atoms with Crippen molar-refractivity contribution in [3.8, 4) is 5.75 Å². The third-order valence-corrected chi connectivity index (χ3v) is 5.72. The third kappa shape index (κ3) is 4.23. The number of hydrogen-bond acceptors (Lipinski definition) is 4. The minimum absolute atomic E-state index is 0.111. The number of nitrogens with one attached hydrogen (secondary N) is 2. The number of likely N-dealkylation sites (tertiary alicyclic amines) is 1. The quantitative estimate of drug-likeness (QED) is 0.792. The number of anilines is 1. The molecule has 0 bridgehead atoms. The lowest BCUT2D eigenvalue weighted by atomic mass is 9.97. The van der Waals surface area contributed by atoms with Crippen LogP contribution >= 0.6 is 0 Å². The van der Waals surface area contributed by atoms with Gasteiger partial charge in [0.25, 0.3) is 0 Å². The number of halogens is 1. The molecule has 30 heavy (non-hydrogen) atoms. The highest BCUT2D eigenvalue weighted by Gasteiger charge is 2.45. The van der Waals surface area contributed by atoms with Crippen LogP contribution in [0.2, 0.25) is 0 Å². The Labute approximate surface area is 174 Å². The second-order valence-electron chi connectivity index (χ2n) is 7.66. The van der Waals surface area contributed by atoms with Crippen molar-refractivity contribution in [2.45, 2.75) is 31.3 Å². The zero-order valence-electron chi connectivity index (χ0n) is 16.9. The Balaban J connectivity index is 1.30. The highest BCUT2D eigenvalue weighted by atomic mass is 19.1. The molecular formula is C22H25FN4O3. The van der Waals surface area contributed by atoms with E-state index in [0.29, 0.717) is 44.5 Å². The molecule has 0 atom stereocenters. The topological polar surface area (TPSA) is 73.9 Å². The molecule has 2 heterocycles. The predicted molar refractivity (Wildman–Crippen MR) is 110 cm³/mol. The molecule has 0 aliphatic carbocycles. The van der Waals surface area contributed by atoms with Crippen molar-refractivity contribution in [2.75, 3.05) is 25.2 Å². The van der Waals surface area contributed by atoms with Gasteiger partial charge in [-0.2, -0.15) is 0 Å². The number of hydrogen-bond donors (Lipinski definition) is 2. The lowest BCUT2D eigenvalue weighted by Gasteiger charge is -2.39. The number of rotatable bonds is 5. The molecule has 2 aromatic carbocycles. The molecule has 0 aromatic heterocycles. The number of benzene rings is 2. The van der Waals surface area contributed by atoms with E-state index in [1.165, 1.54) is 17.1 Å². The summed E-state index contributed by atoms with van der Waals surface area (Å²) in [7, 11) is 1.63. The van der Waals surface area contributed by atoms with Crippen LogP contribution in [-0.4, -0.2) is 42.7 Å². The number of ether oxygens (including phenoxy) is 1. The van der Waals surface area contributed by atoms with E-state index in [9.17, 15) is 14.0 Å². The number of carbonyl (C=O) groups excluding carboxylic acids is 2. The highest BCUT2D eigenvalue weighted by Crippen LogP contribution is 2.27. The lowest BCUT2D eigenvalue weighted by Crippen LogP contribution is -2.58. The summed E-state index contributed by atoms with van der Waals surface area (Å²) < 4.78 is 18.3. The van der Waals surface area contributed by atoms with Gasteiger partial charge in [-0.3, -0.25) is 4.79 Å². The Kier molecular flexibility index (Phi) is 5.59. The van der Waals surface area contributed by atoms with Crippen molar-refractivity contribution in [1.29, 1.82) is 0 Å². The van der Waals surface area contributed by atoms with Gasteiger partial charge in [0, 0.05) is 32.4 Å². The van der Waals surface area contributed by atoms with E-state index in [4.69, 9.17) is 4.74 Å². The zero-order chi connectivity index (χ0) is 21.1. The minimum atomic E-state index is -0.585. The average Bonchev–Trinajstić information content (AvgIpc) is 3.09. The van der Waals surface area contributed by atoms with E-state index < -0.39 is 5.66 Å². The molecule has 2 N–H and O–H groups in total. The smallest absolute Gasteiger partial charge is 0.338 e. The van der Waals surface area contributed by atoms with Gasteiger partial charge in [-0.05, 0) is 48.4 Å². The van der Waals surface area contributed by atoms with Crippen molar-refractivity contribution in [3.63, 3.8) is 0 Å². The summed E-state index contributed by atoms with van der Waals surface area (Å²) in [6, 6.07) is 13.2. The summed E-state index contributed by atoms with van der Waals surface area (Å²) in [5.41, 5.74) is 4.30. The molecule has 7 nitrogen and oxygen atoms in total. The summed E-state index contributed by atoms with van der Waals surface area (Å²) in [4.78, 5) is 26.9. The van der Waals surface area contributed by atoms with Gasteiger partial charge in [-0.1, -0.05) is 12.1 Å². The first kappa shape index (κ1) is 20.2. The Morgan fingerprint density at radius 2 is 1.77 bits per heavy atom. The van der Waals surface area contributed by atoms with Gasteiger partial charge < -0.3 is 15.0 Å². The Bertz CT molecular complexity index is 909. The fourth-order valence-corrected chi connectivity index (χ4v) is 3.90. The van der Waals surface area contributed by atoms with Crippen molar-refractivity contribution in [1.82, 2.24) is 15.6 Å². The molecule has 3 amide bonds. The summed E-state index contributed by atoms with van der Waals surface area (Å²) in [6.45, 7) is 1.12. The Hall–Kier alpha value is -3.13. The Morgan fingerprint density at radius 3 is 2.40 bits per heavy atom. The van der Waals surface area contributed by atoms with Crippen molar-refractivity contribution in [3.05, 3.63) is 59.9 Å². The summed E-state index contributed by atoms with van der Waals surface area (Å²) >= 11 is 0. The van der Waals surface area contributed by atoms with Crippen LogP contribution in [0.25, 0.3) is 0 Å². The summed E-state index contributed by atoms with van der Waals surface area (Å²) in [5.74, 6) is 0.558. The maximum Gasteiger partial charge on any atom is 0.338 e. The Morgan fingerprint density at radius 1 is 1.10 bits per heavy atom. The minimum Gasteiger partial charge on any atom is -0.497 e. The standard InChI is InChI=1S/C22H25FN4O3/c1-30-19-9-2-16(3-10-19)4-11-20(28)26-14-12-22(13-15-26)24-21(29)27(25-22)18-7-5-17(23)6-8-18/h2-3,5-10,25H,4,11-15H2,1H3,(H,24,29). The molecule has 2 aliphatic rings. The zero-order valence-corrected chi connectivity index (χ0v) is 16.9. The van der Waals surface area contributed by atoms with E-state index in [0.717, 1.165) is 11.3 Å². The second-order valence-corrected chi connectivity index (χ2v) is 7.66. The molecule has 0 radical (unpaired) electrons. The van der Waals surface area contributed by atoms with E-state index >= 15 is 0 Å². The number of hydrazine groups is 1. The van der Waals surface area contributed by atoms with Gasteiger partial charge in [0.15, 0.2) is 0 Å². The maximum atomic E-state index is 13.2. The first-order valence-corrected chi connectivity index (χ1v) is 10.0. The molecule has 0 unspecified atom stereocenters. The molecule has 1 spiro atoms. The fourth-order valence-electron chi connectivity index (χ4n) is 3.90. The van der Waals surface area contributed by atoms with Gasteiger partial charge in [0.05, 0.1) is 12.8 Å². The monoisotopic (exact) mass is 412 g/mol. The number of nitrogens with zero attached hydrogens (tertiary/aromatic N) is 2. The van der Waals surface area contributed by atoms with Crippen LogP contribution in [0.3, 0.4) is 0 Å². The molecule has 4 rings (SSSR count). The van der Waals surface area contributed by atoms with E-state index in [2.05, 4.69) is 10.7 Å². The molecule has 8 heteroatoms. The average molecular weight is 412 g/mol. The van der Waals surface area contributed by atoms with Gasteiger partial charge in [0.2, 0.25) is 5.91 Å². The SMILES string of the molecule is COc1ccc(CCC(=O)N2CCC3(CC2)NC(=O)N(c2ccc(F)cc2)N3)cc1. The number of methoxy groups -OCH3 is 1. The van der Waals surface area contributed by atoms with E-state index in [1.54, 1.807) is 19.2 Å². The number of piperidine rings is 1. The van der Waals surface area contributed by atoms with Crippen molar-refractivity contribution in [2.24, 2.45) is 0 Å². The van der Waals surface area contributed by atoms with Crippen LogP contribution in [0.15, 0.2) is 48.5 Å². The van der Waals surface area contributed by atoms with Gasteiger partial charge >= 0.3 is 6.03 Å². The van der Waals surface area contributed by atoms with Gasteiger partial charge in [0.1, 0.15) is 17.2 Å². The molecule has 2 aliphatic heterocycles. The van der Waals surface area contributed by atoms with E-state index in [-0.39, 0.29) is 17.8 Å². The van der Waals surface area contributed by atoms with Crippen molar-refractivity contribution < 1.29 is 18.7 Å². The van der Waals surface area contributed by atoms with Crippen LogP contribution in [-0.2, 0) is 11.2 Å². The predicted octanol–water partition coefficient (Wildman–Crippen LogP) is 2.82. The first-order chi connectivity index (χ1) is 14.5. The van der Waals surface area contributed by atoms with Crippen LogP contribution < -0.4 is 20.5 Å². The molecule has 2 aromatic rings. The molecule has 0 saturated carbocycles. The van der Waals surface area contributed by atoms with Crippen LogP contribution in [0.4, 0.5) is 14.9 Å².